The lowest BCUT2D eigenvalue weighted by molar-refractivity contribution is 0.0787. The van der Waals surface area contributed by atoms with Crippen molar-refractivity contribution < 1.29 is 4.79 Å². The number of amides is 1. The minimum atomic E-state index is 0.189. The molecule has 0 radical (unpaired) electrons. The number of hydrogen-bond acceptors (Lipinski definition) is 1. The van der Waals surface area contributed by atoms with E-state index in [0.29, 0.717) is 5.92 Å². The van der Waals surface area contributed by atoms with Crippen LogP contribution in [0.5, 0.6) is 0 Å². The lowest BCUT2D eigenvalue weighted by Gasteiger charge is -2.18. The third-order valence-corrected chi connectivity index (χ3v) is 4.54. The van der Waals surface area contributed by atoms with Gasteiger partial charge in [-0.2, -0.15) is 0 Å². The van der Waals surface area contributed by atoms with Crippen LogP contribution in [0.4, 0.5) is 0 Å². The van der Waals surface area contributed by atoms with Crippen molar-refractivity contribution in [3.63, 3.8) is 0 Å². The van der Waals surface area contributed by atoms with Crippen LogP contribution >= 0.6 is 15.9 Å². The second kappa shape index (κ2) is 5.21. The van der Waals surface area contributed by atoms with Gasteiger partial charge in [0.1, 0.15) is 0 Å². The summed E-state index contributed by atoms with van der Waals surface area (Å²) < 4.78 is 0. The van der Waals surface area contributed by atoms with E-state index >= 15 is 0 Å². The zero-order valence-corrected chi connectivity index (χ0v) is 12.0. The Morgan fingerprint density at radius 1 is 1.47 bits per heavy atom. The molecular weight excluding hydrogens is 278 g/mol. The molecule has 17 heavy (non-hydrogen) atoms. The maximum Gasteiger partial charge on any atom is 0.254 e. The molecule has 0 aliphatic carbocycles. The fraction of sp³-hybridized carbons (Fsp3) is 0.500. The van der Waals surface area contributed by atoms with Gasteiger partial charge in [0, 0.05) is 24.0 Å². The molecule has 1 aromatic carbocycles. The summed E-state index contributed by atoms with van der Waals surface area (Å²) >= 11 is 3.50. The van der Waals surface area contributed by atoms with Crippen molar-refractivity contribution in [2.45, 2.75) is 20.3 Å². The number of alkyl halides is 1. The molecule has 0 aromatic heterocycles. The lowest BCUT2D eigenvalue weighted by atomic mass is 10.0. The highest BCUT2D eigenvalue weighted by Crippen LogP contribution is 2.22. The number of rotatable bonds is 2. The minimum Gasteiger partial charge on any atom is -0.338 e. The SMILES string of the molecule is Cc1cccc(C(=O)N2CCC(CBr)C2)c1C. The predicted octanol–water partition coefficient (Wildman–Crippen LogP) is 3.16. The largest absolute Gasteiger partial charge is 0.338 e. The Balaban J connectivity index is 2.18. The van der Waals surface area contributed by atoms with E-state index < -0.39 is 0 Å². The minimum absolute atomic E-state index is 0.189. The van der Waals surface area contributed by atoms with Gasteiger partial charge >= 0.3 is 0 Å². The number of aryl methyl sites for hydroxylation is 1. The number of carbonyl (C=O) groups excluding carboxylic acids is 1. The molecule has 1 atom stereocenters. The van der Waals surface area contributed by atoms with E-state index in [-0.39, 0.29) is 5.91 Å². The zero-order valence-electron chi connectivity index (χ0n) is 10.4. The third kappa shape index (κ3) is 2.54. The van der Waals surface area contributed by atoms with Gasteiger partial charge in [0.15, 0.2) is 0 Å². The molecule has 1 aliphatic heterocycles. The van der Waals surface area contributed by atoms with E-state index in [4.69, 9.17) is 0 Å². The van der Waals surface area contributed by atoms with Gasteiger partial charge in [-0.25, -0.2) is 0 Å². The highest BCUT2D eigenvalue weighted by Gasteiger charge is 2.26. The summed E-state index contributed by atoms with van der Waals surface area (Å²) in [6.07, 6.45) is 1.11. The molecule has 1 saturated heterocycles. The molecule has 0 spiro atoms. The molecule has 0 saturated carbocycles. The number of likely N-dealkylation sites (tertiary alicyclic amines) is 1. The van der Waals surface area contributed by atoms with Gasteiger partial charge < -0.3 is 4.90 Å². The highest BCUT2D eigenvalue weighted by molar-refractivity contribution is 9.09. The topological polar surface area (TPSA) is 20.3 Å². The Bertz CT molecular complexity index is 430. The molecule has 1 aromatic rings. The average Bonchev–Trinajstić information content (AvgIpc) is 2.80. The molecule has 0 N–H and O–H groups in total. The molecular formula is C14H18BrNO. The summed E-state index contributed by atoms with van der Waals surface area (Å²) in [5.41, 5.74) is 3.16. The Morgan fingerprint density at radius 2 is 2.24 bits per heavy atom. The summed E-state index contributed by atoms with van der Waals surface area (Å²) in [5.74, 6) is 0.804. The van der Waals surface area contributed by atoms with E-state index in [1.165, 1.54) is 5.56 Å². The molecule has 1 fully saturated rings. The first kappa shape index (κ1) is 12.6. The van der Waals surface area contributed by atoms with Crippen molar-refractivity contribution in [1.29, 1.82) is 0 Å². The second-order valence-electron chi connectivity index (χ2n) is 4.81. The van der Waals surface area contributed by atoms with E-state index in [1.54, 1.807) is 0 Å². The zero-order chi connectivity index (χ0) is 12.4. The molecule has 2 rings (SSSR count). The van der Waals surface area contributed by atoms with Crippen LogP contribution in [-0.2, 0) is 0 Å². The van der Waals surface area contributed by atoms with E-state index in [2.05, 4.69) is 28.9 Å². The maximum absolute atomic E-state index is 12.4. The molecule has 2 nitrogen and oxygen atoms in total. The van der Waals surface area contributed by atoms with Crippen molar-refractivity contribution in [1.82, 2.24) is 4.90 Å². The summed E-state index contributed by atoms with van der Waals surface area (Å²) in [7, 11) is 0. The number of carbonyl (C=O) groups is 1. The van der Waals surface area contributed by atoms with Gasteiger partial charge in [0.25, 0.3) is 5.91 Å². The summed E-state index contributed by atoms with van der Waals surface area (Å²) in [5, 5.41) is 0.990. The van der Waals surface area contributed by atoms with Crippen LogP contribution in [0.3, 0.4) is 0 Å². The fourth-order valence-electron chi connectivity index (χ4n) is 2.30. The predicted molar refractivity (Wildman–Crippen MR) is 73.7 cm³/mol. The maximum atomic E-state index is 12.4. The van der Waals surface area contributed by atoms with Gasteiger partial charge in [-0.1, -0.05) is 28.1 Å². The monoisotopic (exact) mass is 295 g/mol. The van der Waals surface area contributed by atoms with E-state index in [9.17, 15) is 4.79 Å². The van der Waals surface area contributed by atoms with Crippen LogP contribution in [-0.4, -0.2) is 29.2 Å². The normalized spacial score (nSPS) is 19.7. The van der Waals surface area contributed by atoms with Gasteiger partial charge in [-0.05, 0) is 43.4 Å². The first-order chi connectivity index (χ1) is 8.13. The summed E-state index contributed by atoms with van der Waals surface area (Å²) in [4.78, 5) is 14.4. The first-order valence-electron chi connectivity index (χ1n) is 6.05. The fourth-order valence-corrected chi connectivity index (χ4v) is 2.82. The summed E-state index contributed by atoms with van der Waals surface area (Å²) in [6, 6.07) is 5.96. The molecule has 1 aliphatic rings. The number of nitrogens with zero attached hydrogens (tertiary/aromatic N) is 1. The first-order valence-corrected chi connectivity index (χ1v) is 7.17. The van der Waals surface area contributed by atoms with Crippen molar-refractivity contribution in [2.24, 2.45) is 5.92 Å². The number of halogens is 1. The van der Waals surface area contributed by atoms with Gasteiger partial charge in [0.05, 0.1) is 0 Å². The molecule has 3 heteroatoms. The van der Waals surface area contributed by atoms with Crippen LogP contribution in [0.2, 0.25) is 0 Å². The van der Waals surface area contributed by atoms with Crippen LogP contribution in [0.15, 0.2) is 18.2 Å². The van der Waals surface area contributed by atoms with Crippen molar-refractivity contribution >= 4 is 21.8 Å². The Morgan fingerprint density at radius 3 is 2.88 bits per heavy atom. The van der Waals surface area contributed by atoms with Crippen molar-refractivity contribution in [3.05, 3.63) is 34.9 Å². The molecule has 92 valence electrons. The van der Waals surface area contributed by atoms with Crippen molar-refractivity contribution in [2.75, 3.05) is 18.4 Å². The number of hydrogen-bond donors (Lipinski definition) is 0. The van der Waals surface area contributed by atoms with Gasteiger partial charge in [-0.3, -0.25) is 4.79 Å². The van der Waals surface area contributed by atoms with Gasteiger partial charge in [0.2, 0.25) is 0 Å². The Kier molecular flexibility index (Phi) is 3.87. The molecule has 1 amide bonds. The molecule has 1 unspecified atom stereocenters. The van der Waals surface area contributed by atoms with Crippen molar-refractivity contribution in [3.8, 4) is 0 Å². The third-order valence-electron chi connectivity index (χ3n) is 3.63. The summed E-state index contributed by atoms with van der Waals surface area (Å²) in [6.45, 7) is 5.86. The number of benzene rings is 1. The molecule has 0 bridgehead atoms. The Hall–Kier alpha value is -0.830. The lowest BCUT2D eigenvalue weighted by Crippen LogP contribution is -2.29. The standard InChI is InChI=1S/C14H18BrNO/c1-10-4-3-5-13(11(10)2)14(17)16-7-6-12(8-15)9-16/h3-5,12H,6-9H2,1-2H3. The highest BCUT2D eigenvalue weighted by atomic mass is 79.9. The average molecular weight is 296 g/mol. The van der Waals surface area contributed by atoms with E-state index in [0.717, 1.165) is 36.0 Å². The van der Waals surface area contributed by atoms with Crippen LogP contribution in [0.25, 0.3) is 0 Å². The van der Waals surface area contributed by atoms with Crippen LogP contribution in [0, 0.1) is 19.8 Å². The van der Waals surface area contributed by atoms with Crippen LogP contribution in [0.1, 0.15) is 27.9 Å². The second-order valence-corrected chi connectivity index (χ2v) is 5.46. The quantitative estimate of drug-likeness (QED) is 0.768. The van der Waals surface area contributed by atoms with Crippen LogP contribution < -0.4 is 0 Å². The Labute approximate surface area is 111 Å². The van der Waals surface area contributed by atoms with E-state index in [1.807, 2.05) is 24.0 Å². The molecule has 1 heterocycles. The van der Waals surface area contributed by atoms with Gasteiger partial charge in [-0.15, -0.1) is 0 Å². The smallest absolute Gasteiger partial charge is 0.254 e.